The molecule has 1 aliphatic rings. The standard InChI is InChI=1S/C13H20N4O4S/c1-3-15(2)10-6-7-16(9-10)12-5-4-11(22(14,20)21)8-13(12)17(18)19/h4-5,8,10H,3,6-7,9H2,1-2H3,(H2,14,20,21). The lowest BCUT2D eigenvalue weighted by atomic mass is 10.2. The molecule has 1 heterocycles. The molecule has 0 aromatic heterocycles. The summed E-state index contributed by atoms with van der Waals surface area (Å²) in [4.78, 5) is 14.6. The molecule has 1 aliphatic heterocycles. The van der Waals surface area contributed by atoms with Crippen LogP contribution in [0.25, 0.3) is 0 Å². The number of nitrogens with two attached hydrogens (primary N) is 1. The monoisotopic (exact) mass is 328 g/mol. The van der Waals surface area contributed by atoms with Crippen molar-refractivity contribution >= 4 is 21.4 Å². The van der Waals surface area contributed by atoms with E-state index < -0.39 is 14.9 Å². The van der Waals surface area contributed by atoms with E-state index in [4.69, 9.17) is 5.14 Å². The number of rotatable bonds is 5. The summed E-state index contributed by atoms with van der Waals surface area (Å²) in [6.45, 7) is 4.35. The Bertz CT molecular complexity index is 677. The summed E-state index contributed by atoms with van der Waals surface area (Å²) in [6.07, 6.45) is 0.915. The lowest BCUT2D eigenvalue weighted by Crippen LogP contribution is -2.34. The molecule has 1 saturated heterocycles. The lowest BCUT2D eigenvalue weighted by Gasteiger charge is -2.23. The Balaban J connectivity index is 2.34. The summed E-state index contributed by atoms with van der Waals surface area (Å²) >= 11 is 0. The molecule has 9 heteroatoms. The molecule has 2 N–H and O–H groups in total. The first-order valence-corrected chi connectivity index (χ1v) is 8.55. The van der Waals surface area contributed by atoms with Crippen LogP contribution in [0.15, 0.2) is 23.1 Å². The van der Waals surface area contributed by atoms with Crippen molar-refractivity contribution in [2.24, 2.45) is 5.14 Å². The highest BCUT2D eigenvalue weighted by Gasteiger charge is 2.30. The lowest BCUT2D eigenvalue weighted by molar-refractivity contribution is -0.384. The van der Waals surface area contributed by atoms with Crippen molar-refractivity contribution in [3.8, 4) is 0 Å². The van der Waals surface area contributed by atoms with E-state index in [1.54, 1.807) is 0 Å². The molecule has 0 saturated carbocycles. The van der Waals surface area contributed by atoms with Crippen molar-refractivity contribution in [1.82, 2.24) is 4.90 Å². The minimum atomic E-state index is -3.96. The van der Waals surface area contributed by atoms with Gasteiger partial charge in [-0.25, -0.2) is 13.6 Å². The Hall–Kier alpha value is -1.71. The van der Waals surface area contributed by atoms with Crippen molar-refractivity contribution in [2.75, 3.05) is 31.6 Å². The zero-order valence-electron chi connectivity index (χ0n) is 12.6. The Morgan fingerprint density at radius 3 is 2.73 bits per heavy atom. The molecule has 1 unspecified atom stereocenters. The third-order valence-electron chi connectivity index (χ3n) is 4.10. The van der Waals surface area contributed by atoms with Crippen LogP contribution in [0, 0.1) is 10.1 Å². The molecule has 0 radical (unpaired) electrons. The fraction of sp³-hybridized carbons (Fsp3) is 0.538. The van der Waals surface area contributed by atoms with E-state index in [2.05, 4.69) is 11.8 Å². The summed E-state index contributed by atoms with van der Waals surface area (Å²) in [7, 11) is -1.94. The third kappa shape index (κ3) is 3.37. The average Bonchev–Trinajstić information content (AvgIpc) is 2.94. The van der Waals surface area contributed by atoms with E-state index in [0.29, 0.717) is 24.8 Å². The molecule has 0 spiro atoms. The van der Waals surface area contributed by atoms with E-state index in [1.165, 1.54) is 12.1 Å². The van der Waals surface area contributed by atoms with Gasteiger partial charge in [0, 0.05) is 25.2 Å². The zero-order chi connectivity index (χ0) is 16.5. The minimum Gasteiger partial charge on any atom is -0.364 e. The second-order valence-electron chi connectivity index (χ2n) is 5.41. The first-order valence-electron chi connectivity index (χ1n) is 7.00. The van der Waals surface area contributed by atoms with Crippen LogP contribution >= 0.6 is 0 Å². The van der Waals surface area contributed by atoms with Gasteiger partial charge in [-0.1, -0.05) is 6.92 Å². The Morgan fingerprint density at radius 2 is 2.18 bits per heavy atom. The Labute approximate surface area is 129 Å². The molecular formula is C13H20N4O4S. The SMILES string of the molecule is CCN(C)C1CCN(c2ccc(S(N)(=O)=O)cc2[N+](=O)[O-])C1. The molecule has 1 fully saturated rings. The maximum Gasteiger partial charge on any atom is 0.293 e. The van der Waals surface area contributed by atoms with Crippen molar-refractivity contribution in [1.29, 1.82) is 0 Å². The number of hydrogen-bond donors (Lipinski definition) is 1. The van der Waals surface area contributed by atoms with Crippen LogP contribution in [-0.2, 0) is 10.0 Å². The van der Waals surface area contributed by atoms with Crippen molar-refractivity contribution in [3.05, 3.63) is 28.3 Å². The quantitative estimate of drug-likeness (QED) is 0.631. The minimum absolute atomic E-state index is 0.230. The molecule has 1 atom stereocenters. The largest absolute Gasteiger partial charge is 0.364 e. The molecule has 122 valence electrons. The van der Waals surface area contributed by atoms with Crippen LogP contribution in [0.5, 0.6) is 0 Å². The van der Waals surface area contributed by atoms with Crippen LogP contribution in [0.3, 0.4) is 0 Å². The summed E-state index contributed by atoms with van der Waals surface area (Å²) in [5.74, 6) is 0. The molecule has 2 rings (SSSR count). The zero-order valence-corrected chi connectivity index (χ0v) is 13.4. The summed E-state index contributed by atoms with van der Waals surface area (Å²) in [6, 6.07) is 4.14. The van der Waals surface area contributed by atoms with Crippen molar-refractivity contribution in [2.45, 2.75) is 24.3 Å². The van der Waals surface area contributed by atoms with E-state index in [9.17, 15) is 18.5 Å². The highest BCUT2D eigenvalue weighted by molar-refractivity contribution is 7.89. The Kier molecular flexibility index (Phi) is 4.69. The first kappa shape index (κ1) is 16.7. The topological polar surface area (TPSA) is 110 Å². The number of primary sulfonamides is 1. The fourth-order valence-corrected chi connectivity index (χ4v) is 3.21. The number of nitro groups is 1. The predicted octanol–water partition coefficient (Wildman–Crippen LogP) is 0.773. The van der Waals surface area contributed by atoms with Gasteiger partial charge >= 0.3 is 0 Å². The van der Waals surface area contributed by atoms with E-state index in [1.807, 2.05) is 11.9 Å². The number of likely N-dealkylation sites (N-methyl/N-ethyl adjacent to an activating group) is 1. The van der Waals surface area contributed by atoms with Gasteiger partial charge in [0.2, 0.25) is 10.0 Å². The van der Waals surface area contributed by atoms with Gasteiger partial charge in [-0.2, -0.15) is 0 Å². The normalized spacial score (nSPS) is 18.9. The van der Waals surface area contributed by atoms with E-state index in [0.717, 1.165) is 19.0 Å². The summed E-state index contributed by atoms with van der Waals surface area (Å²) < 4.78 is 22.7. The van der Waals surface area contributed by atoms with Gasteiger partial charge in [0.15, 0.2) is 0 Å². The fourth-order valence-electron chi connectivity index (χ4n) is 2.67. The number of nitro benzene ring substituents is 1. The average molecular weight is 328 g/mol. The number of sulfonamides is 1. The molecule has 0 bridgehead atoms. The van der Waals surface area contributed by atoms with E-state index >= 15 is 0 Å². The van der Waals surface area contributed by atoms with Gasteiger partial charge in [-0.15, -0.1) is 0 Å². The molecule has 22 heavy (non-hydrogen) atoms. The van der Waals surface area contributed by atoms with Crippen LogP contribution in [0.1, 0.15) is 13.3 Å². The van der Waals surface area contributed by atoms with Gasteiger partial charge in [0.1, 0.15) is 5.69 Å². The van der Waals surface area contributed by atoms with Crippen LogP contribution in [-0.4, -0.2) is 51.0 Å². The van der Waals surface area contributed by atoms with Crippen molar-refractivity contribution in [3.63, 3.8) is 0 Å². The van der Waals surface area contributed by atoms with Gasteiger partial charge in [0.05, 0.1) is 9.82 Å². The predicted molar refractivity (Wildman–Crippen MR) is 83.4 cm³/mol. The highest BCUT2D eigenvalue weighted by Crippen LogP contribution is 2.33. The summed E-state index contributed by atoms with van der Waals surface area (Å²) in [5.41, 5.74) is 0.204. The highest BCUT2D eigenvalue weighted by atomic mass is 32.2. The maximum absolute atomic E-state index is 11.4. The second-order valence-corrected chi connectivity index (χ2v) is 6.98. The van der Waals surface area contributed by atoms with Crippen LogP contribution < -0.4 is 10.0 Å². The van der Waals surface area contributed by atoms with Gasteiger partial charge in [-0.3, -0.25) is 10.1 Å². The maximum atomic E-state index is 11.4. The van der Waals surface area contributed by atoms with Crippen LogP contribution in [0.4, 0.5) is 11.4 Å². The summed E-state index contributed by atoms with van der Waals surface area (Å²) in [5, 5.41) is 16.3. The second kappa shape index (κ2) is 6.19. The van der Waals surface area contributed by atoms with Gasteiger partial charge in [0.25, 0.3) is 5.69 Å². The number of benzene rings is 1. The van der Waals surface area contributed by atoms with Gasteiger partial charge < -0.3 is 9.80 Å². The molecule has 0 amide bonds. The molecule has 1 aromatic rings. The number of anilines is 1. The van der Waals surface area contributed by atoms with Crippen LogP contribution in [0.2, 0.25) is 0 Å². The molecule has 1 aromatic carbocycles. The third-order valence-corrected chi connectivity index (χ3v) is 5.01. The smallest absolute Gasteiger partial charge is 0.293 e. The molecule has 8 nitrogen and oxygen atoms in total. The first-order chi connectivity index (χ1) is 10.2. The number of hydrogen-bond acceptors (Lipinski definition) is 6. The van der Waals surface area contributed by atoms with Gasteiger partial charge in [-0.05, 0) is 32.1 Å². The van der Waals surface area contributed by atoms with Crippen molar-refractivity contribution < 1.29 is 13.3 Å². The Morgan fingerprint density at radius 1 is 1.50 bits per heavy atom. The number of nitrogens with zero attached hydrogens (tertiary/aromatic N) is 3. The van der Waals surface area contributed by atoms with E-state index in [-0.39, 0.29) is 10.6 Å². The molecule has 0 aliphatic carbocycles. The molecular weight excluding hydrogens is 308 g/mol.